The summed E-state index contributed by atoms with van der Waals surface area (Å²) < 4.78 is 1.89. The van der Waals surface area contributed by atoms with Crippen LogP contribution < -0.4 is 0 Å². The van der Waals surface area contributed by atoms with E-state index in [1.54, 1.807) is 17.5 Å². The molecule has 3 aromatic rings. The van der Waals surface area contributed by atoms with Gasteiger partial charge in [-0.05, 0) is 38.8 Å². The van der Waals surface area contributed by atoms with Crippen molar-refractivity contribution in [1.82, 2.24) is 14.6 Å². The maximum Gasteiger partial charge on any atom is 0.292 e. The number of nitrogens with zero attached hydrogens (tertiary/aromatic N) is 4. The highest BCUT2D eigenvalue weighted by Crippen LogP contribution is 2.31. The molecule has 0 atom stereocenters. The molecular formula is C24H26N4O. The molecule has 0 spiro atoms. The van der Waals surface area contributed by atoms with Gasteiger partial charge >= 0.3 is 0 Å². The molecule has 0 saturated heterocycles. The number of hydrogen-bond acceptors (Lipinski definition) is 3. The van der Waals surface area contributed by atoms with E-state index in [0.29, 0.717) is 18.7 Å². The Morgan fingerprint density at radius 3 is 2.45 bits per heavy atom. The first kappa shape index (κ1) is 19.1. The number of rotatable bonds is 4. The van der Waals surface area contributed by atoms with Crippen LogP contribution in [0.15, 0.2) is 66.2 Å². The van der Waals surface area contributed by atoms with Crippen LogP contribution in [0.2, 0.25) is 0 Å². The normalized spacial score (nSPS) is 15.4. The molecule has 0 saturated carbocycles. The van der Waals surface area contributed by atoms with Gasteiger partial charge in [0.2, 0.25) is 0 Å². The molecule has 0 radical (unpaired) electrons. The molecule has 0 aliphatic carbocycles. The molecule has 2 aromatic carbocycles. The number of amides is 1. The largest absolute Gasteiger partial charge is 0.322 e. The van der Waals surface area contributed by atoms with Crippen molar-refractivity contribution in [3.05, 3.63) is 89.0 Å². The van der Waals surface area contributed by atoms with Crippen LogP contribution in [0.25, 0.3) is 0 Å². The van der Waals surface area contributed by atoms with Gasteiger partial charge in [-0.2, -0.15) is 5.10 Å². The van der Waals surface area contributed by atoms with E-state index in [1.165, 1.54) is 11.1 Å². The minimum atomic E-state index is -0.397. The van der Waals surface area contributed by atoms with E-state index in [2.05, 4.69) is 50.9 Å². The minimum Gasteiger partial charge on any atom is -0.322 e. The molecular weight excluding hydrogens is 360 g/mol. The Labute approximate surface area is 171 Å². The highest BCUT2D eigenvalue weighted by Gasteiger charge is 2.39. The lowest BCUT2D eigenvalue weighted by molar-refractivity contribution is 0.0601. The summed E-state index contributed by atoms with van der Waals surface area (Å²) in [4.78, 5) is 17.6. The van der Waals surface area contributed by atoms with Gasteiger partial charge < -0.3 is 4.57 Å². The standard InChI is InChI=1S/C24H26N4O/c1-17-10-18(2)12-20(11-17)21-13-24(3,4)28(26-21)23(29)22-14-25-16-27(22)15-19-8-6-5-7-9-19/h5-12,14,16H,13,15H2,1-4H3. The van der Waals surface area contributed by atoms with E-state index in [1.807, 2.05) is 34.9 Å². The van der Waals surface area contributed by atoms with E-state index in [4.69, 9.17) is 5.10 Å². The Morgan fingerprint density at radius 2 is 1.76 bits per heavy atom. The van der Waals surface area contributed by atoms with Gasteiger partial charge in [-0.3, -0.25) is 4.79 Å². The average molecular weight is 386 g/mol. The Morgan fingerprint density at radius 1 is 1.07 bits per heavy atom. The summed E-state index contributed by atoms with van der Waals surface area (Å²) in [5.41, 5.74) is 5.71. The van der Waals surface area contributed by atoms with Gasteiger partial charge in [0.15, 0.2) is 0 Å². The van der Waals surface area contributed by atoms with Crippen molar-refractivity contribution in [3.63, 3.8) is 0 Å². The Hall–Kier alpha value is -3.21. The predicted molar refractivity (Wildman–Crippen MR) is 115 cm³/mol. The fourth-order valence-electron chi connectivity index (χ4n) is 3.91. The SMILES string of the molecule is Cc1cc(C)cc(C2=NN(C(=O)c3cncn3Cc3ccccc3)C(C)(C)C2)c1. The van der Waals surface area contributed by atoms with E-state index < -0.39 is 5.54 Å². The maximum absolute atomic E-state index is 13.4. The second-order valence-electron chi connectivity index (χ2n) is 8.42. The van der Waals surface area contributed by atoms with Gasteiger partial charge in [-0.15, -0.1) is 0 Å². The molecule has 1 aliphatic rings. The molecule has 0 fully saturated rings. The second-order valence-corrected chi connectivity index (χ2v) is 8.42. The first-order valence-corrected chi connectivity index (χ1v) is 9.88. The van der Waals surface area contributed by atoms with Gasteiger partial charge in [0.25, 0.3) is 5.91 Å². The molecule has 5 heteroatoms. The summed E-state index contributed by atoms with van der Waals surface area (Å²) in [6.07, 6.45) is 4.05. The zero-order valence-corrected chi connectivity index (χ0v) is 17.4. The molecule has 2 heterocycles. The van der Waals surface area contributed by atoms with E-state index >= 15 is 0 Å². The lowest BCUT2D eigenvalue weighted by Crippen LogP contribution is -2.41. The summed E-state index contributed by atoms with van der Waals surface area (Å²) in [6.45, 7) is 8.89. The number of hydrogen-bond donors (Lipinski definition) is 0. The first-order chi connectivity index (χ1) is 13.8. The summed E-state index contributed by atoms with van der Waals surface area (Å²) in [5.74, 6) is -0.122. The third-order valence-corrected chi connectivity index (χ3v) is 5.27. The lowest BCUT2D eigenvalue weighted by atomic mass is 9.93. The van der Waals surface area contributed by atoms with Gasteiger partial charge in [-0.1, -0.05) is 59.7 Å². The summed E-state index contributed by atoms with van der Waals surface area (Å²) in [7, 11) is 0. The smallest absolute Gasteiger partial charge is 0.292 e. The quantitative estimate of drug-likeness (QED) is 0.659. The monoisotopic (exact) mass is 386 g/mol. The summed E-state index contributed by atoms with van der Waals surface area (Å²) in [6, 6.07) is 16.5. The Bertz CT molecular complexity index is 1060. The molecule has 1 aliphatic heterocycles. The lowest BCUT2D eigenvalue weighted by Gasteiger charge is -2.28. The van der Waals surface area contributed by atoms with Crippen molar-refractivity contribution in [2.75, 3.05) is 0 Å². The Kier molecular flexibility index (Phi) is 4.82. The highest BCUT2D eigenvalue weighted by molar-refractivity contribution is 6.05. The molecule has 0 bridgehead atoms. The number of aryl methyl sites for hydroxylation is 2. The molecule has 1 amide bonds. The maximum atomic E-state index is 13.4. The first-order valence-electron chi connectivity index (χ1n) is 9.88. The van der Waals surface area contributed by atoms with Crippen molar-refractivity contribution in [2.24, 2.45) is 5.10 Å². The van der Waals surface area contributed by atoms with E-state index in [0.717, 1.165) is 16.8 Å². The van der Waals surface area contributed by atoms with Gasteiger partial charge in [0.1, 0.15) is 5.69 Å². The van der Waals surface area contributed by atoms with Crippen molar-refractivity contribution in [3.8, 4) is 0 Å². The third kappa shape index (κ3) is 3.86. The second kappa shape index (κ2) is 7.32. The number of imidazole rings is 1. The van der Waals surface area contributed by atoms with Crippen LogP contribution in [0, 0.1) is 13.8 Å². The molecule has 4 rings (SSSR count). The number of aromatic nitrogens is 2. The van der Waals surface area contributed by atoms with E-state index in [-0.39, 0.29) is 5.91 Å². The molecule has 29 heavy (non-hydrogen) atoms. The molecule has 0 unspecified atom stereocenters. The predicted octanol–water partition coefficient (Wildman–Crippen LogP) is 4.58. The van der Waals surface area contributed by atoms with Crippen molar-refractivity contribution < 1.29 is 4.79 Å². The van der Waals surface area contributed by atoms with Gasteiger partial charge in [0, 0.05) is 13.0 Å². The van der Waals surface area contributed by atoms with Crippen molar-refractivity contribution in [1.29, 1.82) is 0 Å². The third-order valence-electron chi connectivity index (χ3n) is 5.27. The number of carbonyl (C=O) groups excluding carboxylic acids is 1. The summed E-state index contributed by atoms with van der Waals surface area (Å²) >= 11 is 0. The van der Waals surface area contributed by atoms with E-state index in [9.17, 15) is 4.79 Å². The molecule has 1 aromatic heterocycles. The van der Waals surface area contributed by atoms with Gasteiger partial charge in [-0.25, -0.2) is 9.99 Å². The van der Waals surface area contributed by atoms with Crippen LogP contribution in [-0.2, 0) is 6.54 Å². The van der Waals surface area contributed by atoms with Crippen LogP contribution in [0.5, 0.6) is 0 Å². The van der Waals surface area contributed by atoms with Crippen LogP contribution in [-0.4, -0.2) is 31.7 Å². The van der Waals surface area contributed by atoms with Crippen molar-refractivity contribution in [2.45, 2.75) is 46.2 Å². The zero-order chi connectivity index (χ0) is 20.6. The molecule has 5 nitrogen and oxygen atoms in total. The van der Waals surface area contributed by atoms with Crippen LogP contribution in [0.4, 0.5) is 0 Å². The summed E-state index contributed by atoms with van der Waals surface area (Å²) in [5, 5.41) is 6.38. The number of carbonyl (C=O) groups is 1. The average Bonchev–Trinajstić information content (AvgIpc) is 3.25. The van der Waals surface area contributed by atoms with Gasteiger partial charge in [0.05, 0.1) is 23.8 Å². The number of hydrazone groups is 1. The van der Waals surface area contributed by atoms with Crippen molar-refractivity contribution >= 4 is 11.6 Å². The zero-order valence-electron chi connectivity index (χ0n) is 17.4. The Balaban J connectivity index is 1.65. The van der Waals surface area contributed by atoms with Crippen LogP contribution in [0.1, 0.15) is 53.0 Å². The fraction of sp³-hybridized carbons (Fsp3) is 0.292. The molecule has 0 N–H and O–H groups in total. The van der Waals surface area contributed by atoms with Crippen LogP contribution in [0.3, 0.4) is 0 Å². The molecule has 148 valence electrons. The fourth-order valence-corrected chi connectivity index (χ4v) is 3.91. The minimum absolute atomic E-state index is 0.122. The highest BCUT2D eigenvalue weighted by atomic mass is 16.2. The number of benzene rings is 2. The van der Waals surface area contributed by atoms with Crippen LogP contribution >= 0.6 is 0 Å². The topological polar surface area (TPSA) is 50.5 Å².